The minimum absolute atomic E-state index is 0.0144. The van der Waals surface area contributed by atoms with Crippen molar-refractivity contribution >= 4 is 40.1 Å². The number of carbonyl (C=O) groups is 2. The van der Waals surface area contributed by atoms with E-state index >= 15 is 0 Å². The van der Waals surface area contributed by atoms with Gasteiger partial charge in [0.25, 0.3) is 0 Å². The largest absolute Gasteiger partial charge is 0.342 e. The average molecular weight is 441 g/mol. The number of carbonyl (C=O) groups excluding carboxylic acids is 2. The number of nitrogens with one attached hydrogen (secondary N) is 1. The minimum Gasteiger partial charge on any atom is -0.342 e. The average Bonchev–Trinajstić information content (AvgIpc) is 3.11. The SMILES string of the molecule is O=C(CN1CCC(C(=O)N2CCCC2)CC1)Nc1ccc(I)cc1. The molecular formula is C18H24IN3O2. The molecule has 130 valence electrons. The van der Waals surface area contributed by atoms with Gasteiger partial charge in [-0.1, -0.05) is 0 Å². The summed E-state index contributed by atoms with van der Waals surface area (Å²) in [5.41, 5.74) is 0.833. The van der Waals surface area contributed by atoms with Crippen LogP contribution in [-0.2, 0) is 9.59 Å². The van der Waals surface area contributed by atoms with Crippen LogP contribution >= 0.6 is 22.6 Å². The Morgan fingerprint density at radius 3 is 2.29 bits per heavy atom. The summed E-state index contributed by atoms with van der Waals surface area (Å²) in [5, 5.41) is 2.94. The van der Waals surface area contributed by atoms with Crippen LogP contribution in [0.2, 0.25) is 0 Å². The molecule has 2 fully saturated rings. The summed E-state index contributed by atoms with van der Waals surface area (Å²) in [4.78, 5) is 28.8. The first-order valence-electron chi connectivity index (χ1n) is 8.68. The third-order valence-corrected chi connectivity index (χ3v) is 5.57. The number of amides is 2. The van der Waals surface area contributed by atoms with Crippen LogP contribution in [0, 0.1) is 9.49 Å². The second-order valence-corrected chi connectivity index (χ2v) is 7.88. The monoisotopic (exact) mass is 441 g/mol. The number of anilines is 1. The van der Waals surface area contributed by atoms with Crippen molar-refractivity contribution in [1.29, 1.82) is 0 Å². The van der Waals surface area contributed by atoms with Crippen molar-refractivity contribution < 1.29 is 9.59 Å². The van der Waals surface area contributed by atoms with Gasteiger partial charge in [0.2, 0.25) is 11.8 Å². The van der Waals surface area contributed by atoms with Gasteiger partial charge in [-0.2, -0.15) is 0 Å². The number of hydrogen-bond acceptors (Lipinski definition) is 3. The van der Waals surface area contributed by atoms with E-state index in [-0.39, 0.29) is 11.8 Å². The van der Waals surface area contributed by atoms with E-state index in [0.29, 0.717) is 12.5 Å². The molecule has 0 aliphatic carbocycles. The summed E-state index contributed by atoms with van der Waals surface area (Å²) in [6.07, 6.45) is 4.02. The lowest BCUT2D eigenvalue weighted by Gasteiger charge is -2.32. The van der Waals surface area contributed by atoms with Gasteiger partial charge in [0.15, 0.2) is 0 Å². The molecule has 2 saturated heterocycles. The fourth-order valence-corrected chi connectivity index (χ4v) is 3.83. The fourth-order valence-electron chi connectivity index (χ4n) is 3.47. The molecule has 2 aliphatic heterocycles. The molecule has 1 N–H and O–H groups in total. The Labute approximate surface area is 156 Å². The van der Waals surface area contributed by atoms with Gasteiger partial charge in [0.05, 0.1) is 6.54 Å². The van der Waals surface area contributed by atoms with Gasteiger partial charge in [0.1, 0.15) is 0 Å². The summed E-state index contributed by atoms with van der Waals surface area (Å²) in [6.45, 7) is 3.90. The zero-order chi connectivity index (χ0) is 16.9. The van der Waals surface area contributed by atoms with E-state index in [4.69, 9.17) is 0 Å². The molecule has 0 aromatic heterocycles. The van der Waals surface area contributed by atoms with E-state index in [9.17, 15) is 9.59 Å². The van der Waals surface area contributed by atoms with Gasteiger partial charge >= 0.3 is 0 Å². The highest BCUT2D eigenvalue weighted by atomic mass is 127. The van der Waals surface area contributed by atoms with E-state index in [0.717, 1.165) is 61.1 Å². The second-order valence-electron chi connectivity index (χ2n) is 6.64. The summed E-state index contributed by atoms with van der Waals surface area (Å²) < 4.78 is 1.15. The van der Waals surface area contributed by atoms with Crippen molar-refractivity contribution in [3.8, 4) is 0 Å². The molecule has 2 heterocycles. The van der Waals surface area contributed by atoms with Crippen molar-refractivity contribution in [2.45, 2.75) is 25.7 Å². The molecule has 1 aromatic carbocycles. The van der Waals surface area contributed by atoms with E-state index in [1.165, 1.54) is 0 Å². The Bertz CT molecular complexity index is 576. The molecular weight excluding hydrogens is 417 g/mol. The third kappa shape index (κ3) is 4.69. The van der Waals surface area contributed by atoms with Gasteiger partial charge in [-0.3, -0.25) is 14.5 Å². The Kier molecular flexibility index (Phi) is 6.10. The van der Waals surface area contributed by atoms with Crippen LogP contribution in [0.3, 0.4) is 0 Å². The van der Waals surface area contributed by atoms with E-state index in [1.54, 1.807) is 0 Å². The Morgan fingerprint density at radius 2 is 1.67 bits per heavy atom. The topological polar surface area (TPSA) is 52.7 Å². The lowest BCUT2D eigenvalue weighted by atomic mass is 9.95. The third-order valence-electron chi connectivity index (χ3n) is 4.85. The lowest BCUT2D eigenvalue weighted by molar-refractivity contribution is -0.136. The number of piperidine rings is 1. The van der Waals surface area contributed by atoms with Crippen LogP contribution in [0.25, 0.3) is 0 Å². The summed E-state index contributed by atoms with van der Waals surface area (Å²) in [6, 6.07) is 7.79. The molecule has 0 spiro atoms. The van der Waals surface area contributed by atoms with Crippen LogP contribution in [0.4, 0.5) is 5.69 Å². The first-order chi connectivity index (χ1) is 11.6. The standard InChI is InChI=1S/C18H24IN3O2/c19-15-3-5-16(6-4-15)20-17(23)13-21-11-7-14(8-12-21)18(24)22-9-1-2-10-22/h3-6,14H,1-2,7-13H2,(H,20,23). The summed E-state index contributed by atoms with van der Waals surface area (Å²) in [7, 11) is 0. The highest BCUT2D eigenvalue weighted by molar-refractivity contribution is 14.1. The molecule has 0 atom stereocenters. The van der Waals surface area contributed by atoms with Gasteiger partial charge in [-0.25, -0.2) is 0 Å². The maximum atomic E-state index is 12.4. The van der Waals surface area contributed by atoms with Crippen LogP contribution in [0.5, 0.6) is 0 Å². The molecule has 6 heteroatoms. The molecule has 2 aliphatic rings. The predicted octanol–water partition coefficient (Wildman–Crippen LogP) is 2.56. The Balaban J connectivity index is 1.42. The van der Waals surface area contributed by atoms with Crippen molar-refractivity contribution in [3.05, 3.63) is 27.8 Å². The second kappa shape index (κ2) is 8.29. The summed E-state index contributed by atoms with van der Waals surface area (Å²) in [5.74, 6) is 0.495. The highest BCUT2D eigenvalue weighted by Crippen LogP contribution is 2.22. The van der Waals surface area contributed by atoms with E-state index in [2.05, 4.69) is 32.8 Å². The molecule has 5 nitrogen and oxygen atoms in total. The van der Waals surface area contributed by atoms with Crippen LogP contribution in [-0.4, -0.2) is 54.3 Å². The lowest BCUT2D eigenvalue weighted by Crippen LogP contribution is -2.43. The number of nitrogens with zero attached hydrogens (tertiary/aromatic N) is 2. The molecule has 0 saturated carbocycles. The first-order valence-corrected chi connectivity index (χ1v) is 9.76. The molecule has 3 rings (SSSR count). The number of likely N-dealkylation sites (tertiary alicyclic amines) is 2. The summed E-state index contributed by atoms with van der Waals surface area (Å²) >= 11 is 2.24. The van der Waals surface area contributed by atoms with Gasteiger partial charge < -0.3 is 10.2 Å². The fraction of sp³-hybridized carbons (Fsp3) is 0.556. The zero-order valence-corrected chi connectivity index (χ0v) is 16.0. The van der Waals surface area contributed by atoms with Crippen LogP contribution < -0.4 is 5.32 Å². The molecule has 1 aromatic rings. The normalized spacial score (nSPS) is 19.5. The minimum atomic E-state index is 0.0144. The number of halogens is 1. The van der Waals surface area contributed by atoms with E-state index in [1.807, 2.05) is 29.2 Å². The predicted molar refractivity (Wildman–Crippen MR) is 103 cm³/mol. The smallest absolute Gasteiger partial charge is 0.238 e. The Morgan fingerprint density at radius 1 is 1.04 bits per heavy atom. The van der Waals surface area contributed by atoms with Crippen molar-refractivity contribution in [1.82, 2.24) is 9.80 Å². The van der Waals surface area contributed by atoms with Crippen LogP contribution in [0.1, 0.15) is 25.7 Å². The quantitative estimate of drug-likeness (QED) is 0.731. The maximum Gasteiger partial charge on any atom is 0.238 e. The molecule has 2 amide bonds. The number of hydrogen-bond donors (Lipinski definition) is 1. The number of benzene rings is 1. The van der Waals surface area contributed by atoms with Gasteiger partial charge in [0, 0.05) is 28.3 Å². The van der Waals surface area contributed by atoms with E-state index < -0.39 is 0 Å². The first kappa shape index (κ1) is 17.7. The Hall–Kier alpha value is -1.15. The van der Waals surface area contributed by atoms with Crippen molar-refractivity contribution in [2.75, 3.05) is 38.0 Å². The number of rotatable bonds is 4. The van der Waals surface area contributed by atoms with Gasteiger partial charge in [-0.15, -0.1) is 0 Å². The van der Waals surface area contributed by atoms with Crippen molar-refractivity contribution in [2.24, 2.45) is 5.92 Å². The zero-order valence-electron chi connectivity index (χ0n) is 13.8. The van der Waals surface area contributed by atoms with Gasteiger partial charge in [-0.05, 0) is 85.6 Å². The molecule has 24 heavy (non-hydrogen) atoms. The van der Waals surface area contributed by atoms with Crippen molar-refractivity contribution in [3.63, 3.8) is 0 Å². The molecule has 0 bridgehead atoms. The highest BCUT2D eigenvalue weighted by Gasteiger charge is 2.30. The van der Waals surface area contributed by atoms with Crippen LogP contribution in [0.15, 0.2) is 24.3 Å². The molecule has 0 unspecified atom stereocenters. The maximum absolute atomic E-state index is 12.4. The molecule has 0 radical (unpaired) electrons.